The maximum absolute atomic E-state index is 5.80. The summed E-state index contributed by atoms with van der Waals surface area (Å²) in [5, 5.41) is 8.51. The van der Waals surface area contributed by atoms with Crippen LogP contribution in [0.2, 0.25) is 0 Å². The van der Waals surface area contributed by atoms with Crippen molar-refractivity contribution in [2.75, 3.05) is 31.5 Å². The standard InChI is InChI=1S/C34H31N7O3/c1-20-13-15-23(16-14-20)36-32-34-38-33-29(21(2)39-41(33)28-12-8-9-17-35-28)30(40(34)25-11-7-6-10-24(25)37-32)22-18-26(42-3)31(44-5)27(19-22)43-4/h6-19,30H,1-5H3,(H,36,37). The van der Waals surface area contributed by atoms with Crippen molar-refractivity contribution in [1.82, 2.24) is 14.8 Å². The van der Waals surface area contributed by atoms with E-state index in [1.807, 2.05) is 67.6 Å². The Balaban J connectivity index is 1.52. The van der Waals surface area contributed by atoms with Gasteiger partial charge in [-0.1, -0.05) is 35.9 Å². The quantitative estimate of drug-likeness (QED) is 0.237. The highest BCUT2D eigenvalue weighted by molar-refractivity contribution is 6.51. The van der Waals surface area contributed by atoms with E-state index < -0.39 is 0 Å². The first kappa shape index (κ1) is 27.2. The summed E-state index contributed by atoms with van der Waals surface area (Å²) in [7, 11) is 4.85. The van der Waals surface area contributed by atoms with Gasteiger partial charge in [0.15, 0.2) is 34.8 Å². The molecule has 0 fully saturated rings. The van der Waals surface area contributed by atoms with Crippen molar-refractivity contribution in [3.05, 3.63) is 107 Å². The number of aromatic nitrogens is 3. The largest absolute Gasteiger partial charge is 0.493 e. The van der Waals surface area contributed by atoms with Gasteiger partial charge in [-0.15, -0.1) is 0 Å². The number of benzene rings is 3. The lowest BCUT2D eigenvalue weighted by Crippen LogP contribution is -2.46. The Hall–Kier alpha value is -5.64. The summed E-state index contributed by atoms with van der Waals surface area (Å²) in [6.45, 7) is 4.06. The summed E-state index contributed by atoms with van der Waals surface area (Å²) >= 11 is 0. The molecule has 0 amide bonds. The number of nitrogens with one attached hydrogen (secondary N) is 1. The van der Waals surface area contributed by atoms with Crippen molar-refractivity contribution in [2.24, 2.45) is 9.98 Å². The van der Waals surface area contributed by atoms with E-state index in [0.29, 0.717) is 40.6 Å². The normalized spacial score (nSPS) is 14.9. The number of ether oxygens (including phenoxy) is 3. The molecule has 10 nitrogen and oxygen atoms in total. The lowest BCUT2D eigenvalue weighted by atomic mass is 9.92. The monoisotopic (exact) mass is 585 g/mol. The average molecular weight is 586 g/mol. The SMILES string of the molecule is COc1cc(C2c3c(C)nn(-c4ccccn4)c3N=C3C(Nc4ccc(C)cc4)=Nc4ccccc4N32)cc(OC)c1OC. The maximum Gasteiger partial charge on any atom is 0.203 e. The molecule has 220 valence electrons. The van der Waals surface area contributed by atoms with Gasteiger partial charge in [0.05, 0.1) is 44.4 Å². The van der Waals surface area contributed by atoms with E-state index in [1.54, 1.807) is 32.2 Å². The number of aryl methyl sites for hydroxylation is 2. The molecule has 1 N–H and O–H groups in total. The van der Waals surface area contributed by atoms with Gasteiger partial charge in [0.2, 0.25) is 5.75 Å². The second kappa shape index (κ2) is 10.9. The van der Waals surface area contributed by atoms with E-state index in [2.05, 4.69) is 40.3 Å². The van der Waals surface area contributed by atoms with Crippen molar-refractivity contribution in [2.45, 2.75) is 19.9 Å². The highest BCUT2D eigenvalue weighted by Gasteiger charge is 2.42. The van der Waals surface area contributed by atoms with Gasteiger partial charge in [-0.3, -0.25) is 0 Å². The number of methoxy groups -OCH3 is 3. The highest BCUT2D eigenvalue weighted by Crippen LogP contribution is 2.50. The van der Waals surface area contributed by atoms with Gasteiger partial charge < -0.3 is 24.4 Å². The molecule has 2 aliphatic heterocycles. The molecule has 4 heterocycles. The Kier molecular flexibility index (Phi) is 6.73. The lowest BCUT2D eigenvalue weighted by Gasteiger charge is -2.40. The number of anilines is 2. The fraction of sp³-hybridized carbons (Fsp3) is 0.176. The molecule has 3 aromatic carbocycles. The summed E-state index contributed by atoms with van der Waals surface area (Å²) in [4.78, 5) is 17.2. The summed E-state index contributed by atoms with van der Waals surface area (Å²) in [5.74, 6) is 4.23. The predicted molar refractivity (Wildman–Crippen MR) is 172 cm³/mol. The number of rotatable bonds is 6. The van der Waals surface area contributed by atoms with Gasteiger partial charge in [-0.05, 0) is 67.9 Å². The Bertz CT molecular complexity index is 1910. The van der Waals surface area contributed by atoms with E-state index in [0.717, 1.165) is 33.9 Å². The third-order valence-corrected chi connectivity index (χ3v) is 7.82. The number of nitrogens with zero attached hydrogens (tertiary/aromatic N) is 6. The first-order chi connectivity index (χ1) is 21.5. The third kappa shape index (κ3) is 4.43. The second-order valence-corrected chi connectivity index (χ2v) is 10.5. The zero-order valence-electron chi connectivity index (χ0n) is 25.1. The minimum Gasteiger partial charge on any atom is -0.493 e. The van der Waals surface area contributed by atoms with Gasteiger partial charge >= 0.3 is 0 Å². The predicted octanol–water partition coefficient (Wildman–Crippen LogP) is 6.71. The molecule has 44 heavy (non-hydrogen) atoms. The molecular weight excluding hydrogens is 554 g/mol. The van der Waals surface area contributed by atoms with Gasteiger partial charge in [0.1, 0.15) is 0 Å². The topological polar surface area (TPSA) is 98.4 Å². The van der Waals surface area contributed by atoms with Crippen molar-refractivity contribution in [3.8, 4) is 23.1 Å². The number of pyridine rings is 1. The van der Waals surface area contributed by atoms with E-state index in [9.17, 15) is 0 Å². The van der Waals surface area contributed by atoms with Gasteiger partial charge in [0.25, 0.3) is 0 Å². The molecule has 0 bridgehead atoms. The maximum atomic E-state index is 5.80. The molecular formula is C34H31N7O3. The second-order valence-electron chi connectivity index (χ2n) is 10.5. The minimum atomic E-state index is -0.380. The van der Waals surface area contributed by atoms with Gasteiger partial charge in [0, 0.05) is 17.4 Å². The zero-order valence-corrected chi connectivity index (χ0v) is 25.1. The van der Waals surface area contributed by atoms with Crippen LogP contribution in [-0.2, 0) is 0 Å². The molecule has 5 aromatic rings. The molecule has 0 aliphatic carbocycles. The summed E-state index contributed by atoms with van der Waals surface area (Å²) in [5.41, 5.74) is 6.46. The van der Waals surface area contributed by atoms with E-state index in [1.165, 1.54) is 5.56 Å². The van der Waals surface area contributed by atoms with Crippen molar-refractivity contribution >= 4 is 34.6 Å². The van der Waals surface area contributed by atoms with Gasteiger partial charge in [-0.2, -0.15) is 9.78 Å². The van der Waals surface area contributed by atoms with Crippen LogP contribution in [0.4, 0.5) is 22.9 Å². The Morgan fingerprint density at radius 3 is 2.20 bits per heavy atom. The number of aliphatic imine (C=N–C) groups is 2. The molecule has 10 heteroatoms. The molecule has 0 saturated carbocycles. The van der Waals surface area contributed by atoms with Crippen LogP contribution in [-0.4, -0.2) is 47.8 Å². The fourth-order valence-corrected chi connectivity index (χ4v) is 5.78. The molecule has 2 aromatic heterocycles. The summed E-state index contributed by atoms with van der Waals surface area (Å²) in [6.07, 6.45) is 1.75. The molecule has 0 radical (unpaired) electrons. The molecule has 2 aliphatic rings. The number of fused-ring (bicyclic) bond motifs is 4. The Morgan fingerprint density at radius 2 is 1.52 bits per heavy atom. The Morgan fingerprint density at radius 1 is 0.795 bits per heavy atom. The van der Waals surface area contributed by atoms with Crippen LogP contribution in [0.15, 0.2) is 95.0 Å². The van der Waals surface area contributed by atoms with Crippen molar-refractivity contribution < 1.29 is 14.2 Å². The van der Waals surface area contributed by atoms with Crippen molar-refractivity contribution in [3.63, 3.8) is 0 Å². The highest BCUT2D eigenvalue weighted by atomic mass is 16.5. The van der Waals surface area contributed by atoms with Crippen LogP contribution in [0.5, 0.6) is 17.2 Å². The smallest absolute Gasteiger partial charge is 0.203 e. The molecule has 1 atom stereocenters. The average Bonchev–Trinajstić information content (AvgIpc) is 3.40. The molecule has 1 unspecified atom stereocenters. The number of para-hydroxylation sites is 2. The molecule has 7 rings (SSSR count). The van der Waals surface area contributed by atoms with Crippen LogP contribution in [0, 0.1) is 13.8 Å². The number of hydrogen-bond acceptors (Lipinski definition) is 9. The van der Waals surface area contributed by atoms with E-state index >= 15 is 0 Å². The van der Waals surface area contributed by atoms with Crippen LogP contribution in [0.1, 0.15) is 28.4 Å². The van der Waals surface area contributed by atoms with Crippen LogP contribution < -0.4 is 24.4 Å². The summed E-state index contributed by atoms with van der Waals surface area (Å²) < 4.78 is 19.1. The third-order valence-electron chi connectivity index (χ3n) is 7.82. The van der Waals surface area contributed by atoms with Gasteiger partial charge in [-0.25, -0.2) is 15.0 Å². The molecule has 0 saturated heterocycles. The van der Waals surface area contributed by atoms with Crippen LogP contribution in [0.25, 0.3) is 5.82 Å². The van der Waals surface area contributed by atoms with Crippen molar-refractivity contribution in [1.29, 1.82) is 0 Å². The fourth-order valence-electron chi connectivity index (χ4n) is 5.78. The van der Waals surface area contributed by atoms with Crippen LogP contribution in [0.3, 0.4) is 0 Å². The first-order valence-corrected chi connectivity index (χ1v) is 14.2. The first-order valence-electron chi connectivity index (χ1n) is 14.2. The molecule has 0 spiro atoms. The minimum absolute atomic E-state index is 0.380. The summed E-state index contributed by atoms with van der Waals surface area (Å²) in [6, 6.07) is 25.6. The van der Waals surface area contributed by atoms with E-state index in [4.69, 9.17) is 29.3 Å². The number of amidine groups is 2. The number of hydrogen-bond donors (Lipinski definition) is 1. The van der Waals surface area contributed by atoms with E-state index in [-0.39, 0.29) is 6.04 Å². The Labute approximate surface area is 255 Å². The zero-order chi connectivity index (χ0) is 30.4. The van der Waals surface area contributed by atoms with Crippen LogP contribution >= 0.6 is 0 Å². The lowest BCUT2D eigenvalue weighted by molar-refractivity contribution is 0.323.